The minimum Gasteiger partial charge on any atom is -0.483 e. The van der Waals surface area contributed by atoms with Gasteiger partial charge in [-0.15, -0.1) is 0 Å². The molecule has 0 saturated carbocycles. The number of rotatable bonds is 6. The van der Waals surface area contributed by atoms with E-state index in [-0.39, 0.29) is 18.3 Å². The van der Waals surface area contributed by atoms with E-state index in [2.05, 4.69) is 32.5 Å². The molecule has 3 aromatic rings. The van der Waals surface area contributed by atoms with Crippen LogP contribution in [0, 0.1) is 0 Å². The summed E-state index contributed by atoms with van der Waals surface area (Å²) in [5.41, 5.74) is 7.44. The summed E-state index contributed by atoms with van der Waals surface area (Å²) in [4.78, 5) is 31.2. The van der Waals surface area contributed by atoms with Crippen LogP contribution in [-0.4, -0.2) is 66.3 Å². The van der Waals surface area contributed by atoms with Gasteiger partial charge in [-0.05, 0) is 37.9 Å². The molecule has 1 aliphatic heterocycles. The predicted molar refractivity (Wildman–Crippen MR) is 111 cm³/mol. The van der Waals surface area contributed by atoms with E-state index in [1.165, 1.54) is 0 Å². The molecule has 30 heavy (non-hydrogen) atoms. The highest BCUT2D eigenvalue weighted by molar-refractivity contribution is 5.77. The van der Waals surface area contributed by atoms with E-state index in [1.54, 1.807) is 6.33 Å². The number of fused-ring (bicyclic) bond motifs is 1. The zero-order chi connectivity index (χ0) is 21.5. The minimum absolute atomic E-state index is 0.204. The van der Waals surface area contributed by atoms with Crippen LogP contribution >= 0.6 is 0 Å². The van der Waals surface area contributed by atoms with E-state index in [0.717, 1.165) is 61.7 Å². The molecule has 0 radical (unpaired) electrons. The van der Waals surface area contributed by atoms with E-state index in [0.29, 0.717) is 6.54 Å². The maximum atomic E-state index is 11.3. The summed E-state index contributed by atoms with van der Waals surface area (Å²) in [5.74, 6) is 1.62. The standard InChI is InChI=1S/C19H25N7O.CH2O2/c1-2-9-25-16-8-4-3-7-15(16)23-19(25)26-18(21-13-22-26)14-6-5-10-24(11-14)12-17(20)27;2-1-3/h3-4,7-8,13-14H,2,5-6,9-12H2,1H3,(H2,20,27);1H,(H,2,3). The van der Waals surface area contributed by atoms with Crippen LogP contribution in [0.15, 0.2) is 30.6 Å². The van der Waals surface area contributed by atoms with Gasteiger partial charge in [0.25, 0.3) is 6.47 Å². The van der Waals surface area contributed by atoms with Gasteiger partial charge in [-0.25, -0.2) is 9.97 Å². The van der Waals surface area contributed by atoms with E-state index in [4.69, 9.17) is 20.6 Å². The summed E-state index contributed by atoms with van der Waals surface area (Å²) < 4.78 is 4.08. The Bertz CT molecular complexity index is 997. The predicted octanol–water partition coefficient (Wildman–Crippen LogP) is 1.39. The number of nitrogens with zero attached hydrogens (tertiary/aromatic N) is 6. The number of carbonyl (C=O) groups excluding carboxylic acids is 1. The fraction of sp³-hybridized carbons (Fsp3) is 0.450. The van der Waals surface area contributed by atoms with Crippen LogP contribution in [0.4, 0.5) is 0 Å². The first kappa shape index (κ1) is 21.4. The second kappa shape index (κ2) is 9.97. The normalized spacial score (nSPS) is 16.8. The lowest BCUT2D eigenvalue weighted by molar-refractivity contribution is -0.123. The number of imidazole rings is 1. The summed E-state index contributed by atoms with van der Waals surface area (Å²) in [6.45, 7) is 4.72. The van der Waals surface area contributed by atoms with Gasteiger partial charge in [-0.3, -0.25) is 14.5 Å². The number of hydrogen-bond donors (Lipinski definition) is 2. The van der Waals surface area contributed by atoms with Gasteiger partial charge in [0.05, 0.1) is 17.6 Å². The molecule has 3 N–H and O–H groups in total. The van der Waals surface area contributed by atoms with Crippen molar-refractivity contribution in [1.29, 1.82) is 0 Å². The molecule has 10 nitrogen and oxygen atoms in total. The van der Waals surface area contributed by atoms with Crippen LogP contribution in [0.2, 0.25) is 0 Å². The highest BCUT2D eigenvalue weighted by Gasteiger charge is 2.27. The number of aryl methyl sites for hydroxylation is 1. The quantitative estimate of drug-likeness (QED) is 0.584. The Morgan fingerprint density at radius 2 is 2.13 bits per heavy atom. The molecule has 3 heterocycles. The molecule has 1 aromatic carbocycles. The topological polar surface area (TPSA) is 132 Å². The monoisotopic (exact) mass is 413 g/mol. The Morgan fingerprint density at radius 1 is 1.37 bits per heavy atom. The third-order valence-electron chi connectivity index (χ3n) is 5.10. The van der Waals surface area contributed by atoms with Crippen molar-refractivity contribution in [3.63, 3.8) is 0 Å². The number of nitrogens with two attached hydrogens (primary N) is 1. The van der Waals surface area contributed by atoms with Crippen molar-refractivity contribution in [2.24, 2.45) is 5.73 Å². The molecule has 1 amide bonds. The lowest BCUT2D eigenvalue weighted by Gasteiger charge is -2.31. The largest absolute Gasteiger partial charge is 0.483 e. The molecule has 1 aliphatic rings. The van der Waals surface area contributed by atoms with Gasteiger partial charge in [0.1, 0.15) is 12.2 Å². The molecule has 1 fully saturated rings. The van der Waals surface area contributed by atoms with Crippen molar-refractivity contribution in [3.05, 3.63) is 36.4 Å². The van der Waals surface area contributed by atoms with Gasteiger partial charge in [0.15, 0.2) is 0 Å². The first-order valence-corrected chi connectivity index (χ1v) is 10.0. The first-order chi connectivity index (χ1) is 14.6. The summed E-state index contributed by atoms with van der Waals surface area (Å²) in [5, 5.41) is 11.4. The smallest absolute Gasteiger partial charge is 0.290 e. The molecule has 0 spiro atoms. The highest BCUT2D eigenvalue weighted by Crippen LogP contribution is 2.28. The number of benzene rings is 1. The molecular weight excluding hydrogens is 386 g/mol. The van der Waals surface area contributed by atoms with Gasteiger partial charge in [-0.2, -0.15) is 9.78 Å². The van der Waals surface area contributed by atoms with Crippen molar-refractivity contribution in [2.75, 3.05) is 19.6 Å². The molecule has 1 saturated heterocycles. The minimum atomic E-state index is -0.290. The number of likely N-dealkylation sites (tertiary alicyclic amines) is 1. The Labute approximate surface area is 174 Å². The number of piperidine rings is 1. The number of carbonyl (C=O) groups is 2. The second-order valence-electron chi connectivity index (χ2n) is 7.23. The fourth-order valence-electron chi connectivity index (χ4n) is 3.98. The first-order valence-electron chi connectivity index (χ1n) is 10.0. The third-order valence-corrected chi connectivity index (χ3v) is 5.10. The molecule has 160 valence electrons. The highest BCUT2D eigenvalue weighted by atomic mass is 16.3. The second-order valence-corrected chi connectivity index (χ2v) is 7.23. The van der Waals surface area contributed by atoms with Gasteiger partial charge < -0.3 is 15.4 Å². The number of amides is 1. The molecule has 0 bridgehead atoms. The molecule has 1 atom stereocenters. The summed E-state index contributed by atoms with van der Waals surface area (Å²) in [7, 11) is 0. The van der Waals surface area contributed by atoms with Crippen molar-refractivity contribution >= 4 is 23.4 Å². The average molecular weight is 413 g/mol. The lowest BCUT2D eigenvalue weighted by atomic mass is 9.97. The molecule has 2 aromatic heterocycles. The Kier molecular flexibility index (Phi) is 7.12. The Balaban J connectivity index is 0.000000806. The van der Waals surface area contributed by atoms with E-state index < -0.39 is 0 Å². The van der Waals surface area contributed by atoms with Crippen LogP contribution in [-0.2, 0) is 16.1 Å². The van der Waals surface area contributed by atoms with E-state index in [1.807, 2.05) is 22.9 Å². The summed E-state index contributed by atoms with van der Waals surface area (Å²) in [6.07, 6.45) is 4.63. The fourth-order valence-corrected chi connectivity index (χ4v) is 3.98. The van der Waals surface area contributed by atoms with Gasteiger partial charge >= 0.3 is 0 Å². The van der Waals surface area contributed by atoms with Crippen LogP contribution in [0.3, 0.4) is 0 Å². The van der Waals surface area contributed by atoms with Crippen LogP contribution in [0.25, 0.3) is 17.0 Å². The molecule has 10 heteroatoms. The number of primary amides is 1. The van der Waals surface area contributed by atoms with Gasteiger partial charge in [0.2, 0.25) is 11.9 Å². The number of para-hydroxylation sites is 2. The number of aromatic nitrogens is 5. The Morgan fingerprint density at radius 3 is 2.87 bits per heavy atom. The molecular formula is C20H27N7O3. The molecule has 1 unspecified atom stereocenters. The van der Waals surface area contributed by atoms with Crippen LogP contribution in [0.5, 0.6) is 0 Å². The number of carboxylic acid groups (broad SMARTS) is 1. The maximum Gasteiger partial charge on any atom is 0.290 e. The summed E-state index contributed by atoms with van der Waals surface area (Å²) in [6, 6.07) is 8.15. The summed E-state index contributed by atoms with van der Waals surface area (Å²) >= 11 is 0. The van der Waals surface area contributed by atoms with Gasteiger partial charge in [-0.1, -0.05) is 19.1 Å². The van der Waals surface area contributed by atoms with Crippen molar-refractivity contribution in [2.45, 2.75) is 38.6 Å². The van der Waals surface area contributed by atoms with Crippen LogP contribution < -0.4 is 5.73 Å². The average Bonchev–Trinajstić information content (AvgIpc) is 3.34. The lowest BCUT2D eigenvalue weighted by Crippen LogP contribution is -2.40. The van der Waals surface area contributed by atoms with Crippen molar-refractivity contribution < 1.29 is 14.7 Å². The molecule has 0 aliphatic carbocycles. The third kappa shape index (κ3) is 4.65. The van der Waals surface area contributed by atoms with Crippen molar-refractivity contribution in [1.82, 2.24) is 29.2 Å². The molecule has 4 rings (SSSR count). The van der Waals surface area contributed by atoms with Crippen LogP contribution in [0.1, 0.15) is 37.9 Å². The zero-order valence-electron chi connectivity index (χ0n) is 17.0. The van der Waals surface area contributed by atoms with E-state index >= 15 is 0 Å². The maximum absolute atomic E-state index is 11.3. The van der Waals surface area contributed by atoms with Gasteiger partial charge in [0, 0.05) is 19.0 Å². The SMILES string of the molecule is CCCn1c(-n2ncnc2C2CCCN(CC(N)=O)C2)nc2ccccc21.O=CO. The zero-order valence-corrected chi connectivity index (χ0v) is 17.0. The van der Waals surface area contributed by atoms with Crippen molar-refractivity contribution in [3.8, 4) is 5.95 Å². The Hall–Kier alpha value is -3.27. The number of hydrogen-bond acceptors (Lipinski definition) is 6. The van der Waals surface area contributed by atoms with E-state index in [9.17, 15) is 4.79 Å².